The van der Waals surface area contributed by atoms with Crippen molar-refractivity contribution in [2.45, 2.75) is 52.7 Å². The molecule has 1 saturated heterocycles. The second-order valence-electron chi connectivity index (χ2n) is 6.56. The van der Waals surface area contributed by atoms with Crippen molar-refractivity contribution in [3.63, 3.8) is 0 Å². The third-order valence-electron chi connectivity index (χ3n) is 3.97. The van der Waals surface area contributed by atoms with Crippen molar-refractivity contribution in [3.8, 4) is 0 Å². The summed E-state index contributed by atoms with van der Waals surface area (Å²) in [6.07, 6.45) is 1.21. The predicted molar refractivity (Wildman–Crippen MR) is 87.8 cm³/mol. The van der Waals surface area contributed by atoms with Crippen molar-refractivity contribution in [3.05, 3.63) is 20.8 Å². The molecule has 2 heterocycles. The molecule has 1 fully saturated rings. The fourth-order valence-corrected chi connectivity index (χ4v) is 4.30. The van der Waals surface area contributed by atoms with Gasteiger partial charge in [-0.3, -0.25) is 4.90 Å². The molecule has 108 valence electrons. The molecule has 1 N–H and O–H groups in total. The van der Waals surface area contributed by atoms with Crippen LogP contribution in [0, 0.1) is 5.41 Å². The topological polar surface area (TPSA) is 15.3 Å². The number of nitrogens with zero attached hydrogens (tertiary/aromatic N) is 1. The standard InChI is InChI=1S/C15H25BrN2S/c1-5-12-8-18(9-13-6-11(16)10-19-13)14(7-17-12)15(2,3)4/h6,10,12,14,17H,5,7-9H2,1-4H3. The van der Waals surface area contributed by atoms with Gasteiger partial charge in [0.2, 0.25) is 0 Å². The van der Waals surface area contributed by atoms with E-state index in [1.165, 1.54) is 15.8 Å². The molecule has 2 nitrogen and oxygen atoms in total. The Balaban J connectivity index is 2.11. The molecule has 1 aromatic heterocycles. The fourth-order valence-electron chi connectivity index (χ4n) is 2.82. The van der Waals surface area contributed by atoms with Crippen LogP contribution in [-0.4, -0.2) is 30.1 Å². The highest BCUT2D eigenvalue weighted by Gasteiger charge is 2.35. The van der Waals surface area contributed by atoms with Crippen LogP contribution in [0.2, 0.25) is 0 Å². The van der Waals surface area contributed by atoms with E-state index in [0.717, 1.165) is 19.6 Å². The Labute approximate surface area is 129 Å². The van der Waals surface area contributed by atoms with Crippen molar-refractivity contribution in [2.24, 2.45) is 5.41 Å². The first-order valence-corrected chi connectivity index (χ1v) is 8.77. The molecule has 2 rings (SSSR count). The zero-order valence-corrected chi connectivity index (χ0v) is 14.8. The Morgan fingerprint density at radius 2 is 2.21 bits per heavy atom. The summed E-state index contributed by atoms with van der Waals surface area (Å²) in [5.74, 6) is 0. The highest BCUT2D eigenvalue weighted by Crippen LogP contribution is 2.30. The number of piperazine rings is 1. The average Bonchev–Trinajstić information content (AvgIpc) is 2.73. The largest absolute Gasteiger partial charge is 0.311 e. The quantitative estimate of drug-likeness (QED) is 0.887. The maximum atomic E-state index is 3.70. The third-order valence-corrected chi connectivity index (χ3v) is 5.65. The van der Waals surface area contributed by atoms with Gasteiger partial charge in [-0.2, -0.15) is 0 Å². The van der Waals surface area contributed by atoms with Gasteiger partial charge >= 0.3 is 0 Å². The molecule has 1 aliphatic heterocycles. The monoisotopic (exact) mass is 344 g/mol. The lowest BCUT2D eigenvalue weighted by atomic mass is 9.83. The van der Waals surface area contributed by atoms with Crippen LogP contribution in [0.25, 0.3) is 0 Å². The zero-order chi connectivity index (χ0) is 14.0. The zero-order valence-electron chi connectivity index (χ0n) is 12.4. The molecule has 1 aliphatic rings. The van der Waals surface area contributed by atoms with Crippen molar-refractivity contribution in [1.29, 1.82) is 0 Å². The summed E-state index contributed by atoms with van der Waals surface area (Å²) in [5, 5.41) is 5.88. The molecule has 0 bridgehead atoms. The number of halogens is 1. The van der Waals surface area contributed by atoms with Crippen molar-refractivity contribution >= 4 is 27.3 Å². The molecule has 0 radical (unpaired) electrons. The van der Waals surface area contributed by atoms with Crippen LogP contribution in [0.15, 0.2) is 15.9 Å². The van der Waals surface area contributed by atoms with Crippen molar-refractivity contribution in [2.75, 3.05) is 13.1 Å². The van der Waals surface area contributed by atoms with Crippen LogP contribution >= 0.6 is 27.3 Å². The minimum atomic E-state index is 0.320. The van der Waals surface area contributed by atoms with Gasteiger partial charge in [0.15, 0.2) is 0 Å². The molecule has 19 heavy (non-hydrogen) atoms. The van der Waals surface area contributed by atoms with Gasteiger partial charge in [0.25, 0.3) is 0 Å². The number of nitrogens with one attached hydrogen (secondary N) is 1. The maximum Gasteiger partial charge on any atom is 0.0332 e. The molecule has 2 unspecified atom stereocenters. The summed E-state index contributed by atoms with van der Waals surface area (Å²) in [5.41, 5.74) is 0.320. The average molecular weight is 345 g/mol. The molecule has 0 aliphatic carbocycles. The Kier molecular flexibility index (Phi) is 5.09. The van der Waals surface area contributed by atoms with Crippen LogP contribution in [0.1, 0.15) is 39.0 Å². The summed E-state index contributed by atoms with van der Waals surface area (Å²) in [7, 11) is 0. The van der Waals surface area contributed by atoms with Gasteiger partial charge in [-0.05, 0) is 33.8 Å². The fraction of sp³-hybridized carbons (Fsp3) is 0.733. The van der Waals surface area contributed by atoms with E-state index in [0.29, 0.717) is 17.5 Å². The van der Waals surface area contributed by atoms with Crippen molar-refractivity contribution in [1.82, 2.24) is 10.2 Å². The molecule has 2 atom stereocenters. The molecule has 4 heteroatoms. The first-order valence-electron chi connectivity index (χ1n) is 7.10. The summed E-state index contributed by atoms with van der Waals surface area (Å²) in [6, 6.07) is 3.51. The van der Waals surface area contributed by atoms with E-state index >= 15 is 0 Å². The number of hydrogen-bond donors (Lipinski definition) is 1. The second-order valence-corrected chi connectivity index (χ2v) is 8.47. The molecule has 1 aromatic rings. The Bertz CT molecular complexity index is 411. The molecule has 0 aromatic carbocycles. The predicted octanol–water partition coefficient (Wildman–Crippen LogP) is 4.11. The second kappa shape index (κ2) is 6.25. The molecule has 0 amide bonds. The van der Waals surface area contributed by atoms with Crippen molar-refractivity contribution < 1.29 is 0 Å². The van der Waals surface area contributed by atoms with Crippen LogP contribution in [0.3, 0.4) is 0 Å². The third kappa shape index (κ3) is 4.03. The van der Waals surface area contributed by atoms with Crippen LogP contribution in [-0.2, 0) is 6.54 Å². The summed E-state index contributed by atoms with van der Waals surface area (Å²) in [6.45, 7) is 12.7. The minimum absolute atomic E-state index is 0.320. The minimum Gasteiger partial charge on any atom is -0.311 e. The van der Waals surface area contributed by atoms with Gasteiger partial charge in [0.05, 0.1) is 0 Å². The van der Waals surface area contributed by atoms with Gasteiger partial charge in [-0.1, -0.05) is 27.7 Å². The van der Waals surface area contributed by atoms with Crippen LogP contribution < -0.4 is 5.32 Å². The van der Waals surface area contributed by atoms with E-state index < -0.39 is 0 Å². The van der Waals surface area contributed by atoms with Gasteiger partial charge in [-0.25, -0.2) is 0 Å². The summed E-state index contributed by atoms with van der Waals surface area (Å²) >= 11 is 5.41. The summed E-state index contributed by atoms with van der Waals surface area (Å²) in [4.78, 5) is 4.13. The van der Waals surface area contributed by atoms with E-state index in [1.807, 2.05) is 11.3 Å². The summed E-state index contributed by atoms with van der Waals surface area (Å²) < 4.78 is 1.21. The van der Waals surface area contributed by atoms with Crippen LogP contribution in [0.4, 0.5) is 0 Å². The first-order chi connectivity index (χ1) is 8.90. The highest BCUT2D eigenvalue weighted by atomic mass is 79.9. The number of rotatable bonds is 3. The maximum absolute atomic E-state index is 3.70. The van der Waals surface area contributed by atoms with Gasteiger partial charge in [0.1, 0.15) is 0 Å². The van der Waals surface area contributed by atoms with E-state index in [2.05, 4.69) is 65.3 Å². The Morgan fingerprint density at radius 1 is 1.47 bits per heavy atom. The lowest BCUT2D eigenvalue weighted by molar-refractivity contribution is 0.0493. The molecular formula is C15H25BrN2S. The lowest BCUT2D eigenvalue weighted by Crippen LogP contribution is -2.59. The van der Waals surface area contributed by atoms with E-state index in [1.54, 1.807) is 0 Å². The normalized spacial score (nSPS) is 25.7. The number of thiophene rings is 1. The molecular weight excluding hydrogens is 320 g/mol. The smallest absolute Gasteiger partial charge is 0.0332 e. The Morgan fingerprint density at radius 3 is 2.74 bits per heavy atom. The molecule has 0 spiro atoms. The molecule has 0 saturated carbocycles. The Hall–Kier alpha value is 0.1000. The lowest BCUT2D eigenvalue weighted by Gasteiger charge is -2.46. The van der Waals surface area contributed by atoms with Gasteiger partial charge in [0, 0.05) is 46.4 Å². The highest BCUT2D eigenvalue weighted by molar-refractivity contribution is 9.10. The van der Waals surface area contributed by atoms with Gasteiger partial charge < -0.3 is 5.32 Å². The van der Waals surface area contributed by atoms with E-state index in [4.69, 9.17) is 0 Å². The van der Waals surface area contributed by atoms with Crippen LogP contribution in [0.5, 0.6) is 0 Å². The first kappa shape index (κ1) is 15.5. The SMILES string of the molecule is CCC1CN(Cc2cc(Br)cs2)C(C(C)(C)C)CN1. The number of hydrogen-bond acceptors (Lipinski definition) is 3. The van der Waals surface area contributed by atoms with E-state index in [-0.39, 0.29) is 0 Å². The van der Waals surface area contributed by atoms with Gasteiger partial charge in [-0.15, -0.1) is 11.3 Å². The van der Waals surface area contributed by atoms with E-state index in [9.17, 15) is 0 Å².